The maximum Gasteiger partial charge on any atom is 0.257 e. The first-order chi connectivity index (χ1) is 12.7. The van der Waals surface area contributed by atoms with Crippen LogP contribution in [0.3, 0.4) is 0 Å². The van der Waals surface area contributed by atoms with Gasteiger partial charge in [0.1, 0.15) is 6.26 Å². The minimum absolute atomic E-state index is 0.00280. The van der Waals surface area contributed by atoms with Gasteiger partial charge in [0.25, 0.3) is 5.91 Å². The summed E-state index contributed by atoms with van der Waals surface area (Å²) in [6, 6.07) is 4.08. The van der Waals surface area contributed by atoms with Crippen LogP contribution in [-0.4, -0.2) is 41.2 Å². The summed E-state index contributed by atoms with van der Waals surface area (Å²) < 4.78 is 5.00. The van der Waals surface area contributed by atoms with E-state index < -0.39 is 0 Å². The van der Waals surface area contributed by atoms with Crippen LogP contribution in [0.1, 0.15) is 53.0 Å². The number of piperidine rings is 1. The van der Waals surface area contributed by atoms with Crippen molar-refractivity contribution in [2.75, 3.05) is 19.6 Å². The van der Waals surface area contributed by atoms with Gasteiger partial charge in [-0.05, 0) is 48.8 Å². The van der Waals surface area contributed by atoms with Crippen LogP contribution in [0, 0.1) is 5.92 Å². The Morgan fingerprint density at radius 3 is 2.73 bits per heavy atom. The van der Waals surface area contributed by atoms with E-state index in [0.29, 0.717) is 18.7 Å². The average Bonchev–Trinajstić information content (AvgIpc) is 3.37. The predicted molar refractivity (Wildman–Crippen MR) is 100 cm³/mol. The fourth-order valence-electron chi connectivity index (χ4n) is 4.23. The number of amides is 2. The molecule has 4 rings (SSSR count). The molecule has 0 radical (unpaired) electrons. The van der Waals surface area contributed by atoms with Crippen LogP contribution in [0.2, 0.25) is 0 Å². The summed E-state index contributed by atoms with van der Waals surface area (Å²) in [7, 11) is 0. The number of carbonyl (C=O) groups is 2. The second kappa shape index (κ2) is 7.27. The first-order valence-corrected chi connectivity index (χ1v) is 10.2. The lowest BCUT2D eigenvalue weighted by Gasteiger charge is -2.39. The second-order valence-corrected chi connectivity index (χ2v) is 8.08. The Labute approximate surface area is 157 Å². The summed E-state index contributed by atoms with van der Waals surface area (Å²) in [5.41, 5.74) is 1.92. The van der Waals surface area contributed by atoms with Crippen molar-refractivity contribution >= 4 is 23.2 Å². The van der Waals surface area contributed by atoms with Crippen molar-refractivity contribution in [3.8, 4) is 0 Å². The highest BCUT2D eigenvalue weighted by Gasteiger charge is 2.36. The van der Waals surface area contributed by atoms with Gasteiger partial charge < -0.3 is 14.2 Å². The minimum Gasteiger partial charge on any atom is -0.472 e. The van der Waals surface area contributed by atoms with Gasteiger partial charge in [0.15, 0.2) is 0 Å². The monoisotopic (exact) mass is 372 g/mol. The lowest BCUT2D eigenvalue weighted by molar-refractivity contribution is -0.140. The van der Waals surface area contributed by atoms with Crippen molar-refractivity contribution in [2.24, 2.45) is 5.92 Å². The standard InChI is InChI=1S/C20H24N2O3S/c1-2-17-16-7-12-26-18(16)5-10-22(17)20(24)14-3-8-21(9-4-14)19(23)15-6-11-25-13-15/h6-7,11-14,17H,2-5,8-10H2,1H3. The number of nitrogens with zero attached hydrogens (tertiary/aromatic N) is 2. The molecular formula is C20H24N2O3S. The highest BCUT2D eigenvalue weighted by atomic mass is 32.1. The lowest BCUT2D eigenvalue weighted by atomic mass is 9.91. The van der Waals surface area contributed by atoms with Gasteiger partial charge in [-0.25, -0.2) is 0 Å². The quantitative estimate of drug-likeness (QED) is 0.825. The van der Waals surface area contributed by atoms with Gasteiger partial charge in [0.2, 0.25) is 5.91 Å². The topological polar surface area (TPSA) is 53.8 Å². The summed E-state index contributed by atoms with van der Waals surface area (Å²) in [6.45, 7) is 4.24. The van der Waals surface area contributed by atoms with Crippen LogP contribution in [-0.2, 0) is 11.2 Å². The Bertz CT molecular complexity index is 775. The van der Waals surface area contributed by atoms with E-state index in [0.717, 1.165) is 32.2 Å². The fraction of sp³-hybridized carbons (Fsp3) is 0.500. The van der Waals surface area contributed by atoms with E-state index in [4.69, 9.17) is 4.42 Å². The van der Waals surface area contributed by atoms with Crippen LogP contribution in [0.25, 0.3) is 0 Å². The third kappa shape index (κ3) is 3.07. The van der Waals surface area contributed by atoms with Gasteiger partial charge in [-0.3, -0.25) is 9.59 Å². The zero-order chi connectivity index (χ0) is 18.1. The van der Waals surface area contributed by atoms with Crippen molar-refractivity contribution in [1.82, 2.24) is 9.80 Å². The molecule has 26 heavy (non-hydrogen) atoms. The molecule has 138 valence electrons. The molecule has 5 nitrogen and oxygen atoms in total. The van der Waals surface area contributed by atoms with Crippen molar-refractivity contribution < 1.29 is 14.0 Å². The number of thiophene rings is 1. The molecule has 1 atom stereocenters. The smallest absolute Gasteiger partial charge is 0.257 e. The molecule has 0 saturated carbocycles. The molecule has 1 saturated heterocycles. The Hall–Kier alpha value is -2.08. The van der Waals surface area contributed by atoms with E-state index in [2.05, 4.69) is 23.3 Å². The Morgan fingerprint density at radius 2 is 2.04 bits per heavy atom. The number of hydrogen-bond donors (Lipinski definition) is 0. The Morgan fingerprint density at radius 1 is 1.23 bits per heavy atom. The van der Waals surface area contributed by atoms with Gasteiger partial charge in [0.05, 0.1) is 17.9 Å². The summed E-state index contributed by atoms with van der Waals surface area (Å²) in [6.07, 6.45) is 6.40. The molecule has 1 unspecified atom stereocenters. The maximum absolute atomic E-state index is 13.2. The molecule has 0 spiro atoms. The highest BCUT2D eigenvalue weighted by Crippen LogP contribution is 2.37. The largest absolute Gasteiger partial charge is 0.472 e. The zero-order valence-corrected chi connectivity index (χ0v) is 15.8. The van der Waals surface area contributed by atoms with E-state index in [9.17, 15) is 9.59 Å². The first kappa shape index (κ1) is 17.3. The highest BCUT2D eigenvalue weighted by molar-refractivity contribution is 7.10. The first-order valence-electron chi connectivity index (χ1n) is 9.37. The van der Waals surface area contributed by atoms with Crippen molar-refractivity contribution in [3.05, 3.63) is 46.0 Å². The zero-order valence-electron chi connectivity index (χ0n) is 15.0. The molecule has 0 bridgehead atoms. The van der Waals surface area contributed by atoms with E-state index in [1.54, 1.807) is 17.4 Å². The van der Waals surface area contributed by atoms with Crippen LogP contribution in [0.15, 0.2) is 34.5 Å². The molecule has 2 aromatic heterocycles. The number of hydrogen-bond acceptors (Lipinski definition) is 4. The van der Waals surface area contributed by atoms with Gasteiger partial charge in [-0.2, -0.15) is 0 Å². The summed E-state index contributed by atoms with van der Waals surface area (Å²) in [5.74, 6) is 0.290. The van der Waals surface area contributed by atoms with Crippen LogP contribution in [0.4, 0.5) is 0 Å². The average molecular weight is 372 g/mol. The minimum atomic E-state index is -0.00280. The molecule has 2 aromatic rings. The van der Waals surface area contributed by atoms with E-state index in [1.165, 1.54) is 23.0 Å². The molecule has 2 aliphatic heterocycles. The SMILES string of the molecule is CCC1c2ccsc2CCN1C(=O)C1CCN(C(=O)c2ccoc2)CC1. The number of rotatable bonds is 3. The second-order valence-electron chi connectivity index (χ2n) is 7.08. The lowest BCUT2D eigenvalue weighted by Crippen LogP contribution is -2.47. The van der Waals surface area contributed by atoms with Crippen LogP contribution >= 0.6 is 11.3 Å². The predicted octanol–water partition coefficient (Wildman–Crippen LogP) is 3.73. The van der Waals surface area contributed by atoms with Crippen LogP contribution in [0.5, 0.6) is 0 Å². The van der Waals surface area contributed by atoms with Gasteiger partial charge >= 0.3 is 0 Å². The molecule has 0 N–H and O–H groups in total. The number of likely N-dealkylation sites (tertiary alicyclic amines) is 1. The van der Waals surface area contributed by atoms with E-state index >= 15 is 0 Å². The van der Waals surface area contributed by atoms with Crippen molar-refractivity contribution in [1.29, 1.82) is 0 Å². The molecule has 1 fully saturated rings. The van der Waals surface area contributed by atoms with Gasteiger partial charge in [0, 0.05) is 30.4 Å². The molecule has 6 heteroatoms. The maximum atomic E-state index is 13.2. The molecule has 2 aliphatic rings. The molecule has 2 amide bonds. The summed E-state index contributed by atoms with van der Waals surface area (Å²) in [4.78, 5) is 30.9. The summed E-state index contributed by atoms with van der Waals surface area (Å²) >= 11 is 1.81. The summed E-state index contributed by atoms with van der Waals surface area (Å²) in [5, 5.41) is 2.14. The molecule has 4 heterocycles. The molecular weight excluding hydrogens is 348 g/mol. The number of furan rings is 1. The van der Waals surface area contributed by atoms with Crippen molar-refractivity contribution in [3.63, 3.8) is 0 Å². The fourth-order valence-corrected chi connectivity index (χ4v) is 5.16. The third-order valence-electron chi connectivity index (χ3n) is 5.66. The molecule has 0 aliphatic carbocycles. The normalized spacial score (nSPS) is 20.9. The van der Waals surface area contributed by atoms with E-state index in [1.807, 2.05) is 4.90 Å². The van der Waals surface area contributed by atoms with Gasteiger partial charge in [-0.15, -0.1) is 11.3 Å². The number of fused-ring (bicyclic) bond motifs is 1. The molecule has 0 aromatic carbocycles. The van der Waals surface area contributed by atoms with Crippen molar-refractivity contribution in [2.45, 2.75) is 38.6 Å². The van der Waals surface area contributed by atoms with E-state index in [-0.39, 0.29) is 23.8 Å². The van der Waals surface area contributed by atoms with Gasteiger partial charge in [-0.1, -0.05) is 6.92 Å². The number of carbonyl (C=O) groups excluding carboxylic acids is 2. The Kier molecular flexibility index (Phi) is 4.85. The third-order valence-corrected chi connectivity index (χ3v) is 6.66. The van der Waals surface area contributed by atoms with Crippen LogP contribution < -0.4 is 0 Å². The Balaban J connectivity index is 1.40.